The quantitative estimate of drug-likeness (QED) is 0.264. The van der Waals surface area contributed by atoms with Crippen molar-refractivity contribution in [2.45, 2.75) is 0 Å². The molecule has 4 heteroatoms. The smallest absolute Gasteiger partial charge is 0.0907 e. The molecular formula is C32H20N4. The van der Waals surface area contributed by atoms with Gasteiger partial charge in [0, 0.05) is 45.3 Å². The molecule has 0 radical (unpaired) electrons. The van der Waals surface area contributed by atoms with Crippen LogP contribution in [0.1, 0.15) is 0 Å². The summed E-state index contributed by atoms with van der Waals surface area (Å²) in [4.78, 5) is 9.03. The molecule has 3 aromatic heterocycles. The van der Waals surface area contributed by atoms with Crippen molar-refractivity contribution in [3.05, 3.63) is 122 Å². The van der Waals surface area contributed by atoms with Gasteiger partial charge in [-0.1, -0.05) is 60.7 Å². The van der Waals surface area contributed by atoms with Crippen LogP contribution in [0.15, 0.2) is 122 Å². The highest BCUT2D eigenvalue weighted by atomic mass is 15.0. The average molecular weight is 461 g/mol. The fourth-order valence-corrected chi connectivity index (χ4v) is 5.72. The fourth-order valence-electron chi connectivity index (χ4n) is 5.72. The summed E-state index contributed by atoms with van der Waals surface area (Å²) in [6.45, 7) is 0. The van der Waals surface area contributed by atoms with Crippen LogP contribution >= 0.6 is 0 Å². The van der Waals surface area contributed by atoms with Crippen molar-refractivity contribution >= 4 is 54.6 Å². The molecule has 0 saturated heterocycles. The molecule has 0 aliphatic carbocycles. The van der Waals surface area contributed by atoms with E-state index in [9.17, 15) is 0 Å². The van der Waals surface area contributed by atoms with E-state index in [0.717, 1.165) is 22.4 Å². The summed E-state index contributed by atoms with van der Waals surface area (Å²) in [5, 5.41) is 5.00. The molecule has 0 fully saturated rings. The second kappa shape index (κ2) is 7.27. The molecule has 0 N–H and O–H groups in total. The van der Waals surface area contributed by atoms with Gasteiger partial charge >= 0.3 is 0 Å². The van der Waals surface area contributed by atoms with Gasteiger partial charge in [0.1, 0.15) is 0 Å². The Hall–Kier alpha value is -4.96. The zero-order valence-electron chi connectivity index (χ0n) is 19.3. The third-order valence-corrected chi connectivity index (χ3v) is 7.20. The molecule has 168 valence electrons. The van der Waals surface area contributed by atoms with Crippen LogP contribution in [-0.2, 0) is 0 Å². The monoisotopic (exact) mass is 460 g/mol. The Labute approximate surface area is 206 Å². The summed E-state index contributed by atoms with van der Waals surface area (Å²) >= 11 is 0. The Morgan fingerprint density at radius 3 is 1.97 bits per heavy atom. The van der Waals surface area contributed by atoms with Crippen LogP contribution in [-0.4, -0.2) is 19.1 Å². The number of rotatable bonds is 2. The first-order chi connectivity index (χ1) is 17.9. The minimum absolute atomic E-state index is 0.889. The number of nitrogens with zero attached hydrogens (tertiary/aromatic N) is 4. The minimum atomic E-state index is 0.889. The normalized spacial score (nSPS) is 11.9. The van der Waals surface area contributed by atoms with Crippen LogP contribution in [0.3, 0.4) is 0 Å². The molecule has 0 atom stereocenters. The lowest BCUT2D eigenvalue weighted by Gasteiger charge is -2.10. The molecule has 0 aliphatic heterocycles. The number of aromatic nitrogens is 4. The lowest BCUT2D eigenvalue weighted by atomic mass is 10.1. The predicted molar refractivity (Wildman–Crippen MR) is 148 cm³/mol. The molecule has 0 aliphatic rings. The van der Waals surface area contributed by atoms with Gasteiger partial charge in [0.15, 0.2) is 0 Å². The summed E-state index contributed by atoms with van der Waals surface area (Å²) in [6, 6.07) is 38.9. The number of hydrogen-bond acceptors (Lipinski definition) is 2. The van der Waals surface area contributed by atoms with Crippen molar-refractivity contribution in [2.24, 2.45) is 0 Å². The number of hydrogen-bond donors (Lipinski definition) is 0. The van der Waals surface area contributed by atoms with E-state index in [2.05, 4.69) is 128 Å². The molecule has 0 amide bonds. The summed E-state index contributed by atoms with van der Waals surface area (Å²) < 4.78 is 4.76. The van der Waals surface area contributed by atoms with Gasteiger partial charge in [-0.3, -0.25) is 9.97 Å². The van der Waals surface area contributed by atoms with E-state index in [0.29, 0.717) is 0 Å². The third kappa shape index (κ3) is 2.58. The zero-order chi connectivity index (χ0) is 23.6. The van der Waals surface area contributed by atoms with Gasteiger partial charge in [0.2, 0.25) is 0 Å². The first-order valence-electron chi connectivity index (χ1n) is 12.1. The standard InChI is InChI=1S/C32H20N4/c1-2-8-21(9-3-1)36-28-12-6-4-10-23(28)24-15-17-30-31(32(24)36)25-11-5-7-13-29(25)35(30)22-14-16-26-27(20-22)34-19-18-33-26/h1-20H. The highest BCUT2D eigenvalue weighted by Crippen LogP contribution is 2.41. The molecule has 8 aromatic rings. The SMILES string of the molecule is c1ccc(-n2c3ccccc3c3ccc4c(c5ccccc5n4-c4ccc5nccnc5c4)c32)cc1. The van der Waals surface area contributed by atoms with Crippen molar-refractivity contribution in [3.8, 4) is 11.4 Å². The van der Waals surface area contributed by atoms with Crippen LogP contribution in [0.25, 0.3) is 66.0 Å². The van der Waals surface area contributed by atoms with Crippen molar-refractivity contribution in [3.63, 3.8) is 0 Å². The molecular weight excluding hydrogens is 440 g/mol. The molecule has 8 rings (SSSR count). The number of benzene rings is 5. The lowest BCUT2D eigenvalue weighted by molar-refractivity contribution is 1.17. The molecule has 3 heterocycles. The first kappa shape index (κ1) is 19.4. The van der Waals surface area contributed by atoms with Crippen LogP contribution in [0.5, 0.6) is 0 Å². The largest absolute Gasteiger partial charge is 0.309 e. The lowest BCUT2D eigenvalue weighted by Crippen LogP contribution is -1.96. The summed E-state index contributed by atoms with van der Waals surface area (Å²) in [5.74, 6) is 0. The second-order valence-corrected chi connectivity index (χ2v) is 9.13. The van der Waals surface area contributed by atoms with E-state index >= 15 is 0 Å². The van der Waals surface area contributed by atoms with E-state index < -0.39 is 0 Å². The molecule has 0 saturated carbocycles. The summed E-state index contributed by atoms with van der Waals surface area (Å²) in [5.41, 5.74) is 8.82. The fraction of sp³-hybridized carbons (Fsp3) is 0. The van der Waals surface area contributed by atoms with Gasteiger partial charge in [-0.05, 0) is 48.5 Å². The van der Waals surface area contributed by atoms with Crippen LogP contribution in [0, 0.1) is 0 Å². The highest BCUT2D eigenvalue weighted by Gasteiger charge is 2.20. The Kier molecular flexibility index (Phi) is 3.91. The number of fused-ring (bicyclic) bond motifs is 8. The maximum Gasteiger partial charge on any atom is 0.0907 e. The van der Waals surface area contributed by atoms with Gasteiger partial charge in [-0.15, -0.1) is 0 Å². The summed E-state index contributed by atoms with van der Waals surface area (Å²) in [7, 11) is 0. The van der Waals surface area contributed by atoms with Gasteiger partial charge in [0.05, 0.1) is 33.1 Å². The maximum atomic E-state index is 4.56. The maximum absolute atomic E-state index is 4.56. The Balaban J connectivity index is 1.59. The Bertz CT molecular complexity index is 2100. The van der Waals surface area contributed by atoms with Gasteiger partial charge < -0.3 is 9.13 Å². The Morgan fingerprint density at radius 1 is 0.444 bits per heavy atom. The minimum Gasteiger partial charge on any atom is -0.309 e. The van der Waals surface area contributed by atoms with Crippen molar-refractivity contribution in [1.29, 1.82) is 0 Å². The third-order valence-electron chi connectivity index (χ3n) is 7.20. The molecule has 5 aromatic carbocycles. The van der Waals surface area contributed by atoms with Crippen molar-refractivity contribution in [1.82, 2.24) is 19.1 Å². The predicted octanol–water partition coefficient (Wildman–Crippen LogP) is 7.82. The van der Waals surface area contributed by atoms with E-state index in [-0.39, 0.29) is 0 Å². The van der Waals surface area contributed by atoms with Crippen LogP contribution < -0.4 is 0 Å². The summed E-state index contributed by atoms with van der Waals surface area (Å²) in [6.07, 6.45) is 3.49. The van der Waals surface area contributed by atoms with Crippen molar-refractivity contribution < 1.29 is 0 Å². The van der Waals surface area contributed by atoms with Crippen LogP contribution in [0.4, 0.5) is 0 Å². The molecule has 4 nitrogen and oxygen atoms in total. The first-order valence-corrected chi connectivity index (χ1v) is 12.1. The molecule has 0 unspecified atom stereocenters. The average Bonchev–Trinajstić information content (AvgIpc) is 3.46. The van der Waals surface area contributed by atoms with Gasteiger partial charge in [0.25, 0.3) is 0 Å². The number of para-hydroxylation sites is 3. The molecule has 36 heavy (non-hydrogen) atoms. The van der Waals surface area contributed by atoms with Crippen molar-refractivity contribution in [2.75, 3.05) is 0 Å². The van der Waals surface area contributed by atoms with E-state index in [1.54, 1.807) is 12.4 Å². The van der Waals surface area contributed by atoms with Gasteiger partial charge in [-0.25, -0.2) is 0 Å². The van der Waals surface area contributed by atoms with E-state index in [4.69, 9.17) is 0 Å². The molecule has 0 spiro atoms. The van der Waals surface area contributed by atoms with E-state index in [1.165, 1.54) is 43.6 Å². The highest BCUT2D eigenvalue weighted by molar-refractivity contribution is 6.26. The van der Waals surface area contributed by atoms with E-state index in [1.807, 2.05) is 0 Å². The van der Waals surface area contributed by atoms with Gasteiger partial charge in [-0.2, -0.15) is 0 Å². The second-order valence-electron chi connectivity index (χ2n) is 9.13. The Morgan fingerprint density at radius 2 is 1.14 bits per heavy atom. The zero-order valence-corrected chi connectivity index (χ0v) is 19.3. The topological polar surface area (TPSA) is 35.6 Å². The molecule has 0 bridgehead atoms. The van der Waals surface area contributed by atoms with Crippen LogP contribution in [0.2, 0.25) is 0 Å².